The molecule has 0 saturated carbocycles. The molecule has 578 valence electrons. The molecule has 0 unspecified atom stereocenters. The maximum atomic E-state index is 13.7. The highest BCUT2D eigenvalue weighted by Crippen LogP contribution is 2.43. The zero-order valence-electron chi connectivity index (χ0n) is 66.8. The number of carbonyl (C=O) groups excluding carboxylic acids is 3. The number of methoxy groups -OCH3 is 2. The number of alkyl halides is 9. The van der Waals surface area contributed by atoms with Crippen LogP contribution in [0.1, 0.15) is 86.5 Å². The fourth-order valence-electron chi connectivity index (χ4n) is 8.11. The van der Waals surface area contributed by atoms with Crippen molar-refractivity contribution in [3.63, 3.8) is 0 Å². The number of nitrogens with one attached hydrogen (secondary N) is 6. The summed E-state index contributed by atoms with van der Waals surface area (Å²) in [7, 11) is 2.90. The van der Waals surface area contributed by atoms with E-state index in [4.69, 9.17) is 75.3 Å². The lowest BCUT2D eigenvalue weighted by molar-refractivity contribution is -0.138. The van der Waals surface area contributed by atoms with Crippen molar-refractivity contribution in [2.75, 3.05) is 30.2 Å². The van der Waals surface area contributed by atoms with Crippen LogP contribution in [0.15, 0.2) is 185 Å². The van der Waals surface area contributed by atoms with Gasteiger partial charge < -0.3 is 40.0 Å². The molecule has 0 fully saturated rings. The van der Waals surface area contributed by atoms with Crippen LogP contribution in [0.3, 0.4) is 0 Å². The zero-order valence-corrected chi connectivity index (χ0v) is 57.1. The predicted octanol–water partition coefficient (Wildman–Crippen LogP) is 18.5. The number of benzene rings is 8. The molecule has 3 heterocycles. The number of ether oxygens (including phenoxy) is 4. The third-order valence-corrected chi connectivity index (χ3v) is 14.0. The van der Waals surface area contributed by atoms with Crippen LogP contribution in [0, 0.1) is 62.3 Å². The van der Waals surface area contributed by atoms with E-state index < -0.39 is 198 Å². The van der Waals surface area contributed by atoms with Gasteiger partial charge in [-0.05, 0) is 183 Å². The Labute approximate surface area is 642 Å². The zero-order chi connectivity index (χ0) is 91.7. The number of halogens is 18. The van der Waals surface area contributed by atoms with Gasteiger partial charge in [0.05, 0.1) is 98.3 Å². The molecule has 38 heteroatoms. The van der Waals surface area contributed by atoms with Crippen molar-refractivity contribution in [3.05, 3.63) is 307 Å². The van der Waals surface area contributed by atoms with Crippen LogP contribution in [0.4, 0.5) is 82.9 Å². The number of H-pyrrole nitrogens is 3. The van der Waals surface area contributed by atoms with Gasteiger partial charge in [-0.1, -0.05) is 34.8 Å². The van der Waals surface area contributed by atoms with E-state index in [1.54, 1.807) is 19.2 Å². The highest BCUT2D eigenvalue weighted by atomic mass is 35.5. The van der Waals surface area contributed by atoms with Crippen LogP contribution < -0.4 is 51.6 Å². The minimum absolute atomic E-state index is 0.0517. The molecule has 0 aliphatic heterocycles. The lowest BCUT2D eigenvalue weighted by atomic mass is 10.1. The van der Waals surface area contributed by atoms with Gasteiger partial charge in [0.2, 0.25) is 0 Å². The van der Waals surface area contributed by atoms with Crippen molar-refractivity contribution in [1.82, 2.24) is 30.6 Å². The van der Waals surface area contributed by atoms with E-state index in [1.165, 1.54) is 25.3 Å². The van der Waals surface area contributed by atoms with E-state index >= 15 is 0 Å². The second kappa shape index (κ2) is 38.4. The Hall–Kier alpha value is -12.4. The molecule has 11 rings (SSSR count). The number of aromatic nitrogens is 6. The van der Waals surface area contributed by atoms with Crippen molar-refractivity contribution < 1.29 is 121 Å². The monoisotopic (exact) mass is 1620 g/mol. The smallest absolute Gasteiger partial charge is 0.417 e. The van der Waals surface area contributed by atoms with Crippen molar-refractivity contribution in [1.29, 1.82) is 0 Å². The Morgan fingerprint density at radius 1 is 0.400 bits per heavy atom. The number of hydrogen-bond acceptors (Lipinski definition) is 14. The highest BCUT2D eigenvalue weighted by Gasteiger charge is 2.38. The lowest BCUT2D eigenvalue weighted by Crippen LogP contribution is -2.17. The van der Waals surface area contributed by atoms with Gasteiger partial charge in [-0.25, -0.2) is 41.6 Å². The summed E-state index contributed by atoms with van der Waals surface area (Å²) in [5, 5.41) is 29.7. The van der Waals surface area contributed by atoms with E-state index in [1.807, 2.05) is 0 Å². The van der Waals surface area contributed by atoms with Gasteiger partial charge >= 0.3 is 18.5 Å². The fraction of sp³-hybridized carbons (Fsp3) is 0.125. The second-order valence-electron chi connectivity index (χ2n) is 21.0. The van der Waals surface area contributed by atoms with E-state index in [0.717, 1.165) is 91.4 Å². The molecule has 0 radical (unpaired) electrons. The Morgan fingerprint density at radius 3 is 1.05 bits per heavy atom. The third-order valence-electron chi connectivity index (χ3n) is 13.1. The van der Waals surface area contributed by atoms with E-state index in [2.05, 4.69) is 46.5 Å². The number of hydrogen-bond donors (Lipinski definition) is 7. The number of carbonyl (C=O) groups is 3. The van der Waals surface area contributed by atoms with Gasteiger partial charge in [0.1, 0.15) is 75.1 Å². The number of phenolic OH excluding ortho intramolecular Hbond substituents is 1. The van der Waals surface area contributed by atoms with Crippen LogP contribution in [0.5, 0.6) is 40.2 Å². The molecule has 0 spiro atoms. The van der Waals surface area contributed by atoms with Gasteiger partial charge in [0, 0.05) is 34.6 Å². The summed E-state index contributed by atoms with van der Waals surface area (Å²) in [4.78, 5) is 71.0. The molecule has 0 aliphatic rings. The summed E-state index contributed by atoms with van der Waals surface area (Å²) < 4.78 is 304. The standard InChI is InChI=1S/2C19H12ClF4N3O3.C12H6ClF4N3O2.C8H9FO.2C7H7FO/c2*1-9-4-10(21)2-3-15(9)30-16-7-13(19(22,23)24)14(20)6-12(16)18(29)26-11-5-17(28)27-25-8-11;13-8-2-6(9(14)3-7(8)12(15,16)17)11(22)19-5-1-10(21)20-18-4-5;1-6-5-7(9)3-4-8(6)10-2;1-9-7-4-2-6(8)3-5-7;1-5-4-6(8)2-3-7(5)9/h2*2-8H,1H3,(H2,26,27,28,29);1-4H,(H2,19,20,21,22);3-5H,1-2H3;2-5H,1H3;2-4,9H,1H3/i2*1D3;;1D3;;1D3. The Balaban J connectivity index is 0.000000240. The molecular weight excluding hydrogens is 1560 g/mol. The van der Waals surface area contributed by atoms with Crippen LogP contribution in [0.2, 0.25) is 15.1 Å². The normalized spacial score (nSPS) is 12.9. The van der Waals surface area contributed by atoms with Crippen molar-refractivity contribution in [3.8, 4) is 40.2 Å². The molecule has 0 aliphatic carbocycles. The van der Waals surface area contributed by atoms with Crippen molar-refractivity contribution >= 4 is 69.6 Å². The predicted molar refractivity (Wildman–Crippen MR) is 374 cm³/mol. The lowest BCUT2D eigenvalue weighted by Gasteiger charge is -2.17. The van der Waals surface area contributed by atoms with Gasteiger partial charge in [-0.15, -0.1) is 0 Å². The summed E-state index contributed by atoms with van der Waals surface area (Å²) in [6.45, 7) is -10.6. The highest BCUT2D eigenvalue weighted by molar-refractivity contribution is 6.33. The molecule has 0 atom stereocenters. The molecule has 7 N–H and O–H groups in total. The summed E-state index contributed by atoms with van der Waals surface area (Å²) in [5.74, 6) is -9.82. The van der Waals surface area contributed by atoms with Crippen molar-refractivity contribution in [2.45, 2.75) is 45.9 Å². The van der Waals surface area contributed by atoms with Gasteiger partial charge in [-0.2, -0.15) is 54.8 Å². The Bertz CT molecular complexity index is 5600. The number of amides is 3. The number of aryl methyl sites for hydroxylation is 4. The first-order valence-electron chi connectivity index (χ1n) is 35.4. The molecule has 3 amide bonds. The number of phenols is 1. The summed E-state index contributed by atoms with van der Waals surface area (Å²) in [6, 6.07) is 22.7. The third kappa shape index (κ3) is 26.0. The molecule has 110 heavy (non-hydrogen) atoms. The van der Waals surface area contributed by atoms with E-state index in [9.17, 15) is 94.6 Å². The first-order chi connectivity index (χ1) is 56.4. The number of rotatable bonds is 12. The summed E-state index contributed by atoms with van der Waals surface area (Å²) in [5.41, 5.74) is -9.73. The first-order valence-corrected chi connectivity index (χ1v) is 30.6. The number of nitrogens with zero attached hydrogens (tertiary/aromatic N) is 3. The minimum Gasteiger partial charge on any atom is -0.508 e. The fourth-order valence-corrected chi connectivity index (χ4v) is 8.92. The minimum atomic E-state index is -4.93. The average Bonchev–Trinajstić information content (AvgIpc) is 0.796. The quantitative estimate of drug-likeness (QED) is 0.0560. The first kappa shape index (κ1) is 69.4. The maximum absolute atomic E-state index is 13.7. The molecule has 0 saturated heterocycles. The van der Waals surface area contributed by atoms with Gasteiger partial charge in [-0.3, -0.25) is 28.8 Å². The molecule has 11 aromatic rings. The van der Waals surface area contributed by atoms with E-state index in [0.29, 0.717) is 48.2 Å². The van der Waals surface area contributed by atoms with Gasteiger partial charge in [0.15, 0.2) is 0 Å². The summed E-state index contributed by atoms with van der Waals surface area (Å²) >= 11 is 16.9. The second-order valence-corrected chi connectivity index (χ2v) is 22.2. The largest absolute Gasteiger partial charge is 0.508 e. The average molecular weight is 1620 g/mol. The number of aromatic amines is 3. The Morgan fingerprint density at radius 2 is 0.718 bits per heavy atom. The van der Waals surface area contributed by atoms with Crippen LogP contribution >= 0.6 is 34.8 Å². The van der Waals surface area contributed by atoms with Crippen molar-refractivity contribution in [2.24, 2.45) is 0 Å². The molecule has 0 bridgehead atoms. The Kier molecular flexibility index (Phi) is 24.2. The molecular formula is C72H53Cl3F15N9O11. The number of aromatic hydroxyl groups is 1. The molecule has 3 aromatic heterocycles. The SMILES string of the molecule is COc1ccc(F)cc1.O=C(Nc1cn[nH]c(=O)c1)c1cc(Cl)c(C(F)(F)F)cc1F.[2H]C([2H])([2H])c1cc(F)ccc1O.[2H]C([2H])([2H])c1cc(F)ccc1OC.[2H]C([2H])([2H])c1cc(F)ccc1Oc1cc(C(F)(F)F)c(Cl)cc1C(=O)Nc1cn[nH]c(=O)c1.[2H]C([2H])([2H])c1cc(F)ccc1Oc1cc(C(F)(F)F)c(Cl)cc1C(=O)Nc1cn[nH]c(=O)c1. The number of anilines is 3. The van der Waals surface area contributed by atoms with Gasteiger partial charge in [0.25, 0.3) is 34.4 Å². The van der Waals surface area contributed by atoms with Crippen LogP contribution in [-0.4, -0.2) is 67.6 Å². The molecule has 8 aromatic carbocycles. The van der Waals surface area contributed by atoms with Crippen LogP contribution in [0.25, 0.3) is 0 Å². The topological polar surface area (TPSA) is 282 Å². The van der Waals surface area contributed by atoms with Crippen LogP contribution in [-0.2, 0) is 18.5 Å². The van der Waals surface area contributed by atoms with E-state index in [-0.39, 0.29) is 45.8 Å². The molecule has 20 nitrogen and oxygen atoms in total. The summed E-state index contributed by atoms with van der Waals surface area (Å²) in [6.07, 6.45) is -11.5. The maximum Gasteiger partial charge on any atom is 0.417 e.